The molecule has 0 saturated carbocycles. The van der Waals surface area contributed by atoms with E-state index in [9.17, 15) is 27.6 Å². The average molecular weight is 525 g/mol. The minimum atomic E-state index is -4.81. The van der Waals surface area contributed by atoms with Gasteiger partial charge < -0.3 is 18.8 Å². The van der Waals surface area contributed by atoms with Gasteiger partial charge in [0.1, 0.15) is 18.1 Å². The largest absolute Gasteiger partial charge is 0.573 e. The first-order valence-electron chi connectivity index (χ1n) is 11.4. The average Bonchev–Trinajstić information content (AvgIpc) is 3.14. The number of esters is 2. The summed E-state index contributed by atoms with van der Waals surface area (Å²) in [6.07, 6.45) is -4.78. The number of halogens is 3. The second-order valence-electron chi connectivity index (χ2n) is 8.47. The van der Waals surface area contributed by atoms with Gasteiger partial charge >= 0.3 is 18.3 Å². The molecule has 0 saturated heterocycles. The van der Waals surface area contributed by atoms with Gasteiger partial charge in [0.15, 0.2) is 5.75 Å². The van der Waals surface area contributed by atoms with Crippen LogP contribution in [-0.4, -0.2) is 29.2 Å². The molecule has 4 aromatic rings. The number of aldehydes is 1. The molecule has 1 heterocycles. The molecule has 0 aliphatic rings. The lowest BCUT2D eigenvalue weighted by atomic mass is 10.0. The zero-order valence-electron chi connectivity index (χ0n) is 20.4. The van der Waals surface area contributed by atoms with E-state index in [2.05, 4.69) is 4.74 Å². The van der Waals surface area contributed by atoms with Gasteiger partial charge in [-0.3, -0.25) is 9.59 Å². The van der Waals surface area contributed by atoms with Crippen LogP contribution in [0.5, 0.6) is 11.5 Å². The Bertz CT molecular complexity index is 1490. The number of ether oxygens (including phenoxy) is 3. The van der Waals surface area contributed by atoms with Crippen molar-refractivity contribution in [3.8, 4) is 22.6 Å². The molecule has 0 N–H and O–H groups in total. The smallest absolute Gasteiger partial charge is 0.459 e. The van der Waals surface area contributed by atoms with Crippen molar-refractivity contribution in [2.45, 2.75) is 33.4 Å². The lowest BCUT2D eigenvalue weighted by Crippen LogP contribution is -2.16. The molecule has 0 atom stereocenters. The normalized spacial score (nSPS) is 11.3. The number of benzene rings is 3. The van der Waals surface area contributed by atoms with Crippen molar-refractivity contribution in [3.05, 3.63) is 83.6 Å². The highest BCUT2D eigenvalue weighted by Gasteiger charge is 2.31. The van der Waals surface area contributed by atoms with Crippen LogP contribution in [0.15, 0.2) is 66.7 Å². The predicted molar refractivity (Wildman–Crippen MR) is 132 cm³/mol. The molecule has 0 bridgehead atoms. The molecule has 0 aliphatic carbocycles. The molecule has 196 valence electrons. The maximum Gasteiger partial charge on any atom is 0.573 e. The van der Waals surface area contributed by atoms with Crippen LogP contribution in [0, 0.1) is 6.92 Å². The molecule has 38 heavy (non-hydrogen) atoms. The van der Waals surface area contributed by atoms with Crippen molar-refractivity contribution < 1.29 is 41.8 Å². The number of aryl methyl sites for hydroxylation is 1. The van der Waals surface area contributed by atoms with E-state index < -0.39 is 18.3 Å². The maximum absolute atomic E-state index is 12.5. The van der Waals surface area contributed by atoms with Gasteiger partial charge in [-0.15, -0.1) is 13.2 Å². The molecule has 0 unspecified atom stereocenters. The van der Waals surface area contributed by atoms with Gasteiger partial charge in [0, 0.05) is 18.9 Å². The maximum atomic E-state index is 12.5. The zero-order chi connectivity index (χ0) is 27.4. The lowest BCUT2D eigenvalue weighted by molar-refractivity contribution is -0.274. The van der Waals surface area contributed by atoms with Crippen molar-refractivity contribution >= 4 is 29.1 Å². The van der Waals surface area contributed by atoms with Gasteiger partial charge in [-0.05, 0) is 47.9 Å². The van der Waals surface area contributed by atoms with Crippen LogP contribution in [0.3, 0.4) is 0 Å². The third kappa shape index (κ3) is 6.20. The molecule has 0 aliphatic heterocycles. The van der Waals surface area contributed by atoms with Crippen LogP contribution < -0.4 is 9.47 Å². The Balaban J connectivity index is 1.84. The summed E-state index contributed by atoms with van der Waals surface area (Å²) < 4.78 is 53.9. The Kier molecular flexibility index (Phi) is 7.52. The topological polar surface area (TPSA) is 83.8 Å². The van der Waals surface area contributed by atoms with Crippen LogP contribution in [0.2, 0.25) is 0 Å². The molecule has 0 spiro atoms. The van der Waals surface area contributed by atoms with Gasteiger partial charge in [-0.1, -0.05) is 48.0 Å². The molecule has 0 amide bonds. The van der Waals surface area contributed by atoms with E-state index in [0.29, 0.717) is 34.3 Å². The van der Waals surface area contributed by atoms with Gasteiger partial charge in [0.25, 0.3) is 0 Å². The number of carbonyl (C=O) groups excluding carboxylic acids is 3. The van der Waals surface area contributed by atoms with Gasteiger partial charge in [0.2, 0.25) is 6.29 Å². The number of rotatable bonds is 8. The number of carbonyl (C=O) groups is 3. The first-order valence-corrected chi connectivity index (χ1v) is 11.4. The standard InChI is InChI=1S/C28H22F3NO6/c1-17-3-5-19(6-4-17)14-32-24-12-9-21(20-7-10-22(11-8-20)38-28(29,30)31)13-23(24)27(37-26(35)15-33)25(32)16-36-18(2)34/h3-13,15H,14,16H2,1-2H3. The third-order valence-corrected chi connectivity index (χ3v) is 5.71. The summed E-state index contributed by atoms with van der Waals surface area (Å²) in [5.74, 6) is -2.01. The first-order chi connectivity index (χ1) is 18.0. The highest BCUT2D eigenvalue weighted by molar-refractivity contribution is 6.21. The summed E-state index contributed by atoms with van der Waals surface area (Å²) >= 11 is 0. The van der Waals surface area contributed by atoms with E-state index in [0.717, 1.165) is 11.1 Å². The summed E-state index contributed by atoms with van der Waals surface area (Å²) in [6.45, 7) is 3.32. The summed E-state index contributed by atoms with van der Waals surface area (Å²) in [4.78, 5) is 34.7. The number of alkyl halides is 3. The number of fused-ring (bicyclic) bond motifs is 1. The van der Waals surface area contributed by atoms with E-state index in [4.69, 9.17) is 9.47 Å². The molecular weight excluding hydrogens is 503 g/mol. The summed E-state index contributed by atoms with van der Waals surface area (Å²) in [5, 5.41) is 0.447. The molecule has 7 nitrogen and oxygen atoms in total. The second kappa shape index (κ2) is 10.8. The summed E-state index contributed by atoms with van der Waals surface area (Å²) in [5.41, 5.74) is 4.16. The molecule has 1 aromatic heterocycles. The zero-order valence-corrected chi connectivity index (χ0v) is 20.4. The van der Waals surface area contributed by atoms with E-state index in [1.807, 2.05) is 35.8 Å². The quantitative estimate of drug-likeness (QED) is 0.166. The van der Waals surface area contributed by atoms with Crippen LogP contribution in [0.1, 0.15) is 23.7 Å². The van der Waals surface area contributed by atoms with Crippen LogP contribution in [0.25, 0.3) is 22.0 Å². The predicted octanol–water partition coefficient (Wildman–Crippen LogP) is 5.73. The fourth-order valence-corrected chi connectivity index (χ4v) is 4.01. The monoisotopic (exact) mass is 525 g/mol. The number of aromatic nitrogens is 1. The van der Waals surface area contributed by atoms with Crippen molar-refractivity contribution in [2.75, 3.05) is 0 Å². The minimum Gasteiger partial charge on any atom is -0.459 e. The van der Waals surface area contributed by atoms with E-state index in [1.165, 1.54) is 31.2 Å². The molecule has 0 fully saturated rings. The number of hydrogen-bond donors (Lipinski definition) is 0. The van der Waals surface area contributed by atoms with Crippen molar-refractivity contribution in [3.63, 3.8) is 0 Å². The van der Waals surface area contributed by atoms with E-state index in [-0.39, 0.29) is 24.4 Å². The molecule has 0 radical (unpaired) electrons. The van der Waals surface area contributed by atoms with Gasteiger partial charge in [-0.25, -0.2) is 4.79 Å². The highest BCUT2D eigenvalue weighted by Crippen LogP contribution is 2.38. The lowest BCUT2D eigenvalue weighted by Gasteiger charge is -2.12. The molecule has 10 heteroatoms. The van der Waals surface area contributed by atoms with Gasteiger partial charge in [0.05, 0.1) is 5.52 Å². The van der Waals surface area contributed by atoms with Crippen molar-refractivity contribution in [1.29, 1.82) is 0 Å². The number of hydrogen-bond acceptors (Lipinski definition) is 6. The Hall–Kier alpha value is -4.60. The van der Waals surface area contributed by atoms with Crippen LogP contribution >= 0.6 is 0 Å². The highest BCUT2D eigenvalue weighted by atomic mass is 19.4. The SMILES string of the molecule is CC(=O)OCc1c(OC(=O)C=O)c2cc(-c3ccc(OC(F)(F)F)cc3)ccc2n1Cc1ccc(C)cc1. The fraction of sp³-hybridized carbons (Fsp3) is 0.179. The Labute approximate surface area is 215 Å². The Morgan fingerprint density at radius 3 is 2.21 bits per heavy atom. The molecular formula is C28H22F3NO6. The summed E-state index contributed by atoms with van der Waals surface area (Å²) in [6, 6.07) is 18.3. The van der Waals surface area contributed by atoms with E-state index >= 15 is 0 Å². The summed E-state index contributed by atoms with van der Waals surface area (Å²) in [7, 11) is 0. The van der Waals surface area contributed by atoms with Crippen molar-refractivity contribution in [1.82, 2.24) is 4.57 Å². The Morgan fingerprint density at radius 1 is 0.947 bits per heavy atom. The molecule has 4 rings (SSSR count). The Morgan fingerprint density at radius 2 is 1.61 bits per heavy atom. The van der Waals surface area contributed by atoms with Gasteiger partial charge in [-0.2, -0.15) is 0 Å². The fourth-order valence-electron chi connectivity index (χ4n) is 4.01. The molecule has 3 aromatic carbocycles. The second-order valence-corrected chi connectivity index (χ2v) is 8.47. The minimum absolute atomic E-state index is 0.0297. The van der Waals surface area contributed by atoms with Crippen molar-refractivity contribution in [2.24, 2.45) is 0 Å². The van der Waals surface area contributed by atoms with Crippen LogP contribution in [-0.2, 0) is 32.3 Å². The first kappa shape index (κ1) is 26.5. The van der Waals surface area contributed by atoms with E-state index in [1.54, 1.807) is 18.2 Å². The van der Waals surface area contributed by atoms with Crippen LogP contribution in [0.4, 0.5) is 13.2 Å². The third-order valence-electron chi connectivity index (χ3n) is 5.71. The number of nitrogens with zero attached hydrogens (tertiary/aromatic N) is 1.